The van der Waals surface area contributed by atoms with Gasteiger partial charge in [0.2, 0.25) is 0 Å². The summed E-state index contributed by atoms with van der Waals surface area (Å²) in [5.41, 5.74) is 1.55. The van der Waals surface area contributed by atoms with Crippen LogP contribution in [0.5, 0.6) is 0 Å². The van der Waals surface area contributed by atoms with Crippen LogP contribution in [-0.2, 0) is 0 Å². The minimum absolute atomic E-state index is 0.0327. The molecule has 3 N–H and O–H groups in total. The van der Waals surface area contributed by atoms with Crippen LogP contribution in [0.3, 0.4) is 0 Å². The van der Waals surface area contributed by atoms with Crippen LogP contribution in [0, 0.1) is 0 Å². The SMILES string of the molecule is O=C(NC(=O)c1ccc2nccnc2c1)Nc1ccc(C(=O)O)c(Cl)c1. The first-order valence-corrected chi connectivity index (χ1v) is 7.68. The normalized spacial score (nSPS) is 10.3. The number of hydrogen-bond donors (Lipinski definition) is 3. The van der Waals surface area contributed by atoms with Crippen LogP contribution in [-0.4, -0.2) is 33.0 Å². The van der Waals surface area contributed by atoms with E-state index in [0.717, 1.165) is 0 Å². The van der Waals surface area contributed by atoms with Gasteiger partial charge in [-0.2, -0.15) is 0 Å². The predicted molar refractivity (Wildman–Crippen MR) is 94.4 cm³/mol. The van der Waals surface area contributed by atoms with Crippen LogP contribution in [0.2, 0.25) is 5.02 Å². The standard InChI is InChI=1S/C17H11ClN4O4/c18-12-8-10(2-3-11(12)16(24)25)21-17(26)22-15(23)9-1-4-13-14(7-9)20-6-5-19-13/h1-8H,(H,24,25)(H2,21,22,23,26). The summed E-state index contributed by atoms with van der Waals surface area (Å²) in [4.78, 5) is 43.2. The molecule has 1 heterocycles. The van der Waals surface area contributed by atoms with Crippen molar-refractivity contribution in [2.24, 2.45) is 0 Å². The Morgan fingerprint density at radius 2 is 1.69 bits per heavy atom. The Balaban J connectivity index is 1.69. The topological polar surface area (TPSA) is 121 Å². The first-order valence-electron chi connectivity index (χ1n) is 7.30. The van der Waals surface area contributed by atoms with E-state index >= 15 is 0 Å². The van der Waals surface area contributed by atoms with Gasteiger partial charge in [0.15, 0.2) is 0 Å². The molecule has 0 aliphatic heterocycles. The van der Waals surface area contributed by atoms with E-state index in [1.165, 1.54) is 42.7 Å². The fourth-order valence-electron chi connectivity index (χ4n) is 2.21. The zero-order valence-electron chi connectivity index (χ0n) is 13.1. The van der Waals surface area contributed by atoms with Crippen LogP contribution >= 0.6 is 11.6 Å². The van der Waals surface area contributed by atoms with Crippen molar-refractivity contribution in [3.63, 3.8) is 0 Å². The molecule has 3 aromatic rings. The quantitative estimate of drug-likeness (QED) is 0.651. The number of nitrogens with one attached hydrogen (secondary N) is 2. The summed E-state index contributed by atoms with van der Waals surface area (Å²) in [5.74, 6) is -1.80. The summed E-state index contributed by atoms with van der Waals surface area (Å²) in [6.07, 6.45) is 3.04. The van der Waals surface area contributed by atoms with E-state index in [0.29, 0.717) is 11.0 Å². The van der Waals surface area contributed by atoms with Crippen molar-refractivity contribution in [2.75, 3.05) is 5.32 Å². The zero-order chi connectivity index (χ0) is 18.7. The van der Waals surface area contributed by atoms with Crippen molar-refractivity contribution in [3.05, 3.63) is 64.9 Å². The second kappa shape index (κ2) is 7.16. The molecule has 0 saturated heterocycles. The molecule has 0 atom stereocenters. The fourth-order valence-corrected chi connectivity index (χ4v) is 2.47. The van der Waals surface area contributed by atoms with Gasteiger partial charge < -0.3 is 10.4 Å². The molecule has 0 spiro atoms. The summed E-state index contributed by atoms with van der Waals surface area (Å²) >= 11 is 5.83. The van der Waals surface area contributed by atoms with Crippen LogP contribution in [0.15, 0.2) is 48.8 Å². The molecular formula is C17H11ClN4O4. The lowest BCUT2D eigenvalue weighted by Crippen LogP contribution is -2.34. The maximum Gasteiger partial charge on any atom is 0.337 e. The summed E-state index contributed by atoms with van der Waals surface area (Å²) in [6.45, 7) is 0. The van der Waals surface area contributed by atoms with Gasteiger partial charge >= 0.3 is 12.0 Å². The van der Waals surface area contributed by atoms with Gasteiger partial charge in [-0.3, -0.25) is 20.1 Å². The number of carboxylic acids is 1. The van der Waals surface area contributed by atoms with Crippen molar-refractivity contribution < 1.29 is 19.5 Å². The molecule has 0 radical (unpaired) electrons. The Bertz CT molecular complexity index is 1040. The number of imide groups is 1. The van der Waals surface area contributed by atoms with E-state index in [-0.39, 0.29) is 21.8 Å². The number of rotatable bonds is 3. The van der Waals surface area contributed by atoms with Gasteiger partial charge in [-0.15, -0.1) is 0 Å². The monoisotopic (exact) mass is 370 g/mol. The number of fused-ring (bicyclic) bond motifs is 1. The molecular weight excluding hydrogens is 360 g/mol. The van der Waals surface area contributed by atoms with Gasteiger partial charge in [0.25, 0.3) is 5.91 Å². The average Bonchev–Trinajstić information content (AvgIpc) is 2.60. The van der Waals surface area contributed by atoms with Crippen LogP contribution in [0.1, 0.15) is 20.7 Å². The molecule has 0 unspecified atom stereocenters. The van der Waals surface area contributed by atoms with Gasteiger partial charge in [0.05, 0.1) is 21.6 Å². The molecule has 3 amide bonds. The molecule has 1 aromatic heterocycles. The number of carbonyl (C=O) groups is 3. The Morgan fingerprint density at radius 1 is 0.962 bits per heavy atom. The van der Waals surface area contributed by atoms with E-state index < -0.39 is 17.9 Å². The second-order valence-corrected chi connectivity index (χ2v) is 5.58. The van der Waals surface area contributed by atoms with Gasteiger partial charge in [-0.05, 0) is 36.4 Å². The number of aromatic carboxylic acids is 1. The largest absolute Gasteiger partial charge is 0.478 e. The van der Waals surface area contributed by atoms with E-state index in [4.69, 9.17) is 16.7 Å². The third-order valence-corrected chi connectivity index (χ3v) is 3.73. The number of carbonyl (C=O) groups excluding carboxylic acids is 2. The van der Waals surface area contributed by atoms with Crippen molar-refractivity contribution in [2.45, 2.75) is 0 Å². The van der Waals surface area contributed by atoms with Crippen LogP contribution < -0.4 is 10.6 Å². The number of anilines is 1. The van der Waals surface area contributed by atoms with Gasteiger partial charge in [0.1, 0.15) is 0 Å². The lowest BCUT2D eigenvalue weighted by Gasteiger charge is -2.08. The molecule has 0 fully saturated rings. The number of nitrogens with zero attached hydrogens (tertiary/aromatic N) is 2. The number of amides is 3. The maximum atomic E-state index is 12.2. The van der Waals surface area contributed by atoms with E-state index in [2.05, 4.69) is 20.6 Å². The first kappa shape index (κ1) is 17.3. The molecule has 26 heavy (non-hydrogen) atoms. The summed E-state index contributed by atoms with van der Waals surface area (Å²) in [5, 5.41) is 13.5. The highest BCUT2D eigenvalue weighted by Gasteiger charge is 2.13. The molecule has 9 heteroatoms. The highest BCUT2D eigenvalue weighted by Crippen LogP contribution is 2.21. The zero-order valence-corrected chi connectivity index (χ0v) is 13.8. The molecule has 8 nitrogen and oxygen atoms in total. The second-order valence-electron chi connectivity index (χ2n) is 5.17. The molecule has 0 saturated carbocycles. The number of urea groups is 1. The van der Waals surface area contributed by atoms with E-state index in [9.17, 15) is 14.4 Å². The Labute approximate surface area is 151 Å². The third-order valence-electron chi connectivity index (χ3n) is 3.42. The van der Waals surface area contributed by atoms with Gasteiger partial charge in [0, 0.05) is 23.6 Å². The Hall–Kier alpha value is -3.52. The summed E-state index contributed by atoms with van der Waals surface area (Å²) in [7, 11) is 0. The Morgan fingerprint density at radius 3 is 2.38 bits per heavy atom. The van der Waals surface area contributed by atoms with Gasteiger partial charge in [-0.1, -0.05) is 11.6 Å². The molecule has 0 aliphatic carbocycles. The number of halogens is 1. The number of aromatic nitrogens is 2. The molecule has 2 aromatic carbocycles. The average molecular weight is 371 g/mol. The number of benzene rings is 2. The highest BCUT2D eigenvalue weighted by molar-refractivity contribution is 6.33. The number of carboxylic acid groups (broad SMARTS) is 1. The van der Waals surface area contributed by atoms with Gasteiger partial charge in [-0.25, -0.2) is 9.59 Å². The molecule has 0 aliphatic rings. The molecule has 0 bridgehead atoms. The Kier molecular flexibility index (Phi) is 4.76. The third kappa shape index (κ3) is 3.76. The molecule has 3 rings (SSSR count). The van der Waals surface area contributed by atoms with Crippen molar-refractivity contribution in [1.29, 1.82) is 0 Å². The van der Waals surface area contributed by atoms with Crippen LogP contribution in [0.4, 0.5) is 10.5 Å². The lowest BCUT2D eigenvalue weighted by atomic mass is 10.2. The predicted octanol–water partition coefficient (Wildman–Crippen LogP) is 2.94. The summed E-state index contributed by atoms with van der Waals surface area (Å²) in [6, 6.07) is 7.78. The smallest absolute Gasteiger partial charge is 0.337 e. The van der Waals surface area contributed by atoms with Crippen LogP contribution in [0.25, 0.3) is 11.0 Å². The molecule has 130 valence electrons. The fraction of sp³-hybridized carbons (Fsp3) is 0. The number of hydrogen-bond acceptors (Lipinski definition) is 5. The first-order chi connectivity index (χ1) is 12.4. The van der Waals surface area contributed by atoms with Crippen molar-refractivity contribution >= 4 is 46.2 Å². The minimum atomic E-state index is -1.18. The minimum Gasteiger partial charge on any atom is -0.478 e. The van der Waals surface area contributed by atoms with Crippen molar-refractivity contribution in [3.8, 4) is 0 Å². The lowest BCUT2D eigenvalue weighted by molar-refractivity contribution is 0.0696. The maximum absolute atomic E-state index is 12.2. The van der Waals surface area contributed by atoms with Crippen molar-refractivity contribution in [1.82, 2.24) is 15.3 Å². The van der Waals surface area contributed by atoms with E-state index in [1.807, 2.05) is 0 Å². The summed E-state index contributed by atoms with van der Waals surface area (Å²) < 4.78 is 0. The van der Waals surface area contributed by atoms with E-state index in [1.54, 1.807) is 6.07 Å². The highest BCUT2D eigenvalue weighted by atomic mass is 35.5.